The van der Waals surface area contributed by atoms with E-state index in [1.807, 2.05) is 0 Å². The minimum atomic E-state index is -1.73. The predicted octanol–water partition coefficient (Wildman–Crippen LogP) is 0.308. The molecule has 0 radical (unpaired) electrons. The average Bonchev–Trinajstić information content (AvgIpc) is 2.89. The molecule has 1 aromatic carbocycles. The monoisotopic (exact) mass is 538 g/mol. The average molecular weight is 539 g/mol. The Labute approximate surface area is 218 Å². The first-order valence-corrected chi connectivity index (χ1v) is 12.0. The van der Waals surface area contributed by atoms with E-state index in [2.05, 4.69) is 0 Å². The largest absolute Gasteiger partial charge is 0.496 e. The Balaban J connectivity index is 2.04. The molecule has 0 bridgehead atoms. The molecule has 3 rings (SSSR count). The van der Waals surface area contributed by atoms with Gasteiger partial charge in [0.2, 0.25) is 0 Å². The molecule has 1 aliphatic rings. The van der Waals surface area contributed by atoms with E-state index in [9.17, 15) is 35.1 Å². The van der Waals surface area contributed by atoms with E-state index in [0.29, 0.717) is 5.39 Å². The fourth-order valence-electron chi connectivity index (χ4n) is 4.13. The normalized spacial score (nSPS) is 26.2. The highest BCUT2D eigenvalue weighted by Gasteiger charge is 2.49. The number of hydrogen-bond acceptors (Lipinski definition) is 12. The van der Waals surface area contributed by atoms with E-state index in [4.69, 9.17) is 23.4 Å². The lowest BCUT2D eigenvalue weighted by Crippen LogP contribution is -2.61. The number of aliphatic hydroxyl groups is 5. The lowest BCUT2D eigenvalue weighted by Gasteiger charge is -2.45. The predicted molar refractivity (Wildman–Crippen MR) is 132 cm³/mol. The molecule has 1 aromatic heterocycles. The maximum Gasteiger partial charge on any atom is 0.336 e. The molecule has 0 saturated carbocycles. The molecule has 210 valence electrons. The second-order valence-corrected chi connectivity index (χ2v) is 9.55. The highest BCUT2D eigenvalue weighted by molar-refractivity contribution is 5.88. The van der Waals surface area contributed by atoms with E-state index in [0.717, 1.165) is 0 Å². The van der Waals surface area contributed by atoms with Crippen molar-refractivity contribution in [1.29, 1.82) is 0 Å². The van der Waals surface area contributed by atoms with Crippen molar-refractivity contribution in [2.24, 2.45) is 0 Å². The Hall–Kier alpha value is -2.84. The number of carbonyl (C=O) groups is 1. The molecule has 12 nitrogen and oxygen atoms in total. The molecule has 7 unspecified atom stereocenters. The third-order valence-electron chi connectivity index (χ3n) is 6.52. The van der Waals surface area contributed by atoms with Crippen molar-refractivity contribution >= 4 is 16.9 Å². The number of carbonyl (C=O) groups excluding carboxylic acids is 1. The van der Waals surface area contributed by atoms with Crippen molar-refractivity contribution in [2.75, 3.05) is 13.7 Å². The molecule has 5 N–H and O–H groups in total. The Morgan fingerprint density at radius 3 is 2.45 bits per heavy atom. The molecule has 7 atom stereocenters. The van der Waals surface area contributed by atoms with Crippen LogP contribution in [0.4, 0.5) is 0 Å². The van der Waals surface area contributed by atoms with Crippen LogP contribution >= 0.6 is 0 Å². The quantitative estimate of drug-likeness (QED) is 0.167. The van der Waals surface area contributed by atoms with Crippen LogP contribution in [0.5, 0.6) is 5.75 Å². The number of benzene rings is 1. The Morgan fingerprint density at radius 2 is 1.84 bits per heavy atom. The maximum absolute atomic E-state index is 12.8. The molecule has 0 amide bonds. The number of aliphatic hydroxyl groups excluding tert-OH is 5. The Morgan fingerprint density at radius 1 is 1.16 bits per heavy atom. The van der Waals surface area contributed by atoms with Gasteiger partial charge in [0.25, 0.3) is 0 Å². The van der Waals surface area contributed by atoms with Gasteiger partial charge < -0.3 is 48.9 Å². The van der Waals surface area contributed by atoms with Crippen LogP contribution in [-0.2, 0) is 19.0 Å². The van der Waals surface area contributed by atoms with Crippen LogP contribution in [0.3, 0.4) is 0 Å². The number of methoxy groups -OCH3 is 1. The van der Waals surface area contributed by atoms with Gasteiger partial charge in [0.1, 0.15) is 47.5 Å². The second-order valence-electron chi connectivity index (χ2n) is 9.55. The number of hydrogen-bond donors (Lipinski definition) is 5. The third kappa shape index (κ3) is 6.07. The summed E-state index contributed by atoms with van der Waals surface area (Å²) in [6.45, 7) is 5.42. The van der Waals surface area contributed by atoms with Crippen LogP contribution in [0.15, 0.2) is 45.1 Å². The molecule has 1 aliphatic heterocycles. The van der Waals surface area contributed by atoms with Crippen LogP contribution in [0.1, 0.15) is 39.4 Å². The van der Waals surface area contributed by atoms with Crippen molar-refractivity contribution in [3.63, 3.8) is 0 Å². The molecule has 2 heterocycles. The molecular formula is C26H34O12. The van der Waals surface area contributed by atoms with Gasteiger partial charge >= 0.3 is 11.6 Å². The Kier molecular flexibility index (Phi) is 9.31. The fraction of sp³-hybridized carbons (Fsp3) is 0.538. The first kappa shape index (κ1) is 29.7. The number of esters is 1. The van der Waals surface area contributed by atoms with Crippen LogP contribution in [-0.4, -0.2) is 87.6 Å². The Bertz CT molecular complexity index is 1220. The number of fused-ring (bicyclic) bond motifs is 1. The minimum Gasteiger partial charge on any atom is -0.496 e. The molecule has 12 heteroatoms. The topological polar surface area (TPSA) is 185 Å². The summed E-state index contributed by atoms with van der Waals surface area (Å²) in [5.74, 6) is -0.625. The van der Waals surface area contributed by atoms with E-state index in [1.54, 1.807) is 6.92 Å². The lowest BCUT2D eigenvalue weighted by atomic mass is 9.90. The first-order valence-electron chi connectivity index (χ1n) is 12.0. The summed E-state index contributed by atoms with van der Waals surface area (Å²) in [5, 5.41) is 52.2. The summed E-state index contributed by atoms with van der Waals surface area (Å²) < 4.78 is 27.7. The van der Waals surface area contributed by atoms with Gasteiger partial charge in [0.15, 0.2) is 12.4 Å². The number of ether oxygens (including phenoxy) is 4. The van der Waals surface area contributed by atoms with E-state index in [1.165, 1.54) is 58.2 Å². The number of rotatable bonds is 9. The summed E-state index contributed by atoms with van der Waals surface area (Å²) in [4.78, 5) is 24.4. The van der Waals surface area contributed by atoms with Crippen molar-refractivity contribution in [2.45, 2.75) is 76.2 Å². The van der Waals surface area contributed by atoms with Gasteiger partial charge in [-0.3, -0.25) is 0 Å². The highest BCUT2D eigenvalue weighted by Crippen LogP contribution is 2.38. The summed E-state index contributed by atoms with van der Waals surface area (Å²) in [7, 11) is 1.35. The number of allylic oxidation sites excluding steroid dienone is 1. The third-order valence-corrected chi connectivity index (χ3v) is 6.52. The summed E-state index contributed by atoms with van der Waals surface area (Å²) in [6.07, 6.45) is -9.32. The zero-order valence-corrected chi connectivity index (χ0v) is 21.7. The summed E-state index contributed by atoms with van der Waals surface area (Å²) in [5.41, 5.74) is -1.54. The van der Waals surface area contributed by atoms with Crippen LogP contribution in [0.25, 0.3) is 11.0 Å². The molecule has 0 aliphatic carbocycles. The second kappa shape index (κ2) is 11.9. The molecule has 2 aromatic rings. The van der Waals surface area contributed by atoms with E-state index >= 15 is 0 Å². The lowest BCUT2D eigenvalue weighted by molar-refractivity contribution is -0.335. The molecule has 1 fully saturated rings. The van der Waals surface area contributed by atoms with Gasteiger partial charge in [-0.05, 0) is 39.8 Å². The highest BCUT2D eigenvalue weighted by atomic mass is 16.7. The zero-order chi connectivity index (χ0) is 28.4. The summed E-state index contributed by atoms with van der Waals surface area (Å²) >= 11 is 0. The molecule has 38 heavy (non-hydrogen) atoms. The maximum atomic E-state index is 12.8. The van der Waals surface area contributed by atoms with Crippen molar-refractivity contribution in [3.05, 3.63) is 51.9 Å². The smallest absolute Gasteiger partial charge is 0.336 e. The van der Waals surface area contributed by atoms with Crippen molar-refractivity contribution < 1.29 is 53.7 Å². The van der Waals surface area contributed by atoms with Gasteiger partial charge in [-0.1, -0.05) is 6.08 Å². The first-order chi connectivity index (χ1) is 17.8. The molecular weight excluding hydrogens is 504 g/mol. The minimum absolute atomic E-state index is 0.131. The SMILES string of the molecule is CC=C(C)C(=O)OC(C(O)c1cc2ccc(=O)oc2cc1OC)C(C)(C)OC1OC(CO)C(O)C(O)C1O. The van der Waals surface area contributed by atoms with Crippen LogP contribution in [0.2, 0.25) is 0 Å². The zero-order valence-electron chi connectivity index (χ0n) is 21.7. The summed E-state index contributed by atoms with van der Waals surface area (Å²) in [6, 6.07) is 5.63. The molecule has 1 saturated heterocycles. The van der Waals surface area contributed by atoms with E-state index < -0.39 is 66.7 Å². The van der Waals surface area contributed by atoms with Gasteiger partial charge in [-0.25, -0.2) is 9.59 Å². The van der Waals surface area contributed by atoms with Crippen molar-refractivity contribution in [3.8, 4) is 5.75 Å². The van der Waals surface area contributed by atoms with Gasteiger partial charge in [0, 0.05) is 28.7 Å². The molecule has 0 spiro atoms. The van der Waals surface area contributed by atoms with E-state index in [-0.39, 0.29) is 22.5 Å². The van der Waals surface area contributed by atoms with Gasteiger partial charge in [-0.2, -0.15) is 0 Å². The van der Waals surface area contributed by atoms with Gasteiger partial charge in [0.05, 0.1) is 13.7 Å². The van der Waals surface area contributed by atoms with Gasteiger partial charge in [-0.15, -0.1) is 0 Å². The van der Waals surface area contributed by atoms with Crippen LogP contribution < -0.4 is 10.4 Å². The standard InChI is InChI=1S/C26H34O12/c1-6-12(2)24(33)37-23(26(3,4)38-25-22(32)21(31)20(30)17(11-27)36-25)19(29)14-9-13-7-8-18(28)35-15(13)10-16(14)34-5/h6-10,17,19-23,25,27,29-32H,11H2,1-5H3. The van der Waals surface area contributed by atoms with Crippen molar-refractivity contribution in [1.82, 2.24) is 0 Å². The fourth-order valence-corrected chi connectivity index (χ4v) is 4.13. The van der Waals surface area contributed by atoms with Crippen LogP contribution in [0, 0.1) is 0 Å².